The van der Waals surface area contributed by atoms with Crippen molar-refractivity contribution in [2.24, 2.45) is 0 Å². The molecule has 3 N–H and O–H groups in total. The van der Waals surface area contributed by atoms with Crippen molar-refractivity contribution in [1.29, 1.82) is 5.26 Å². The summed E-state index contributed by atoms with van der Waals surface area (Å²) in [5, 5.41) is 31.4. The smallest absolute Gasteiger partial charge is 0.276 e. The third-order valence-corrected chi connectivity index (χ3v) is 8.95. The molecule has 1 atom stereocenters. The first-order valence-electron chi connectivity index (χ1n) is 14.5. The average molecular weight is 674 g/mol. The molecule has 1 aromatic heterocycles. The van der Waals surface area contributed by atoms with Crippen LogP contribution < -0.4 is 16.0 Å². The maximum absolute atomic E-state index is 13.5. The highest BCUT2D eigenvalue weighted by molar-refractivity contribution is 8.00. The molecule has 0 fully saturated rings. The van der Waals surface area contributed by atoms with Gasteiger partial charge in [0.2, 0.25) is 5.91 Å². The van der Waals surface area contributed by atoms with Gasteiger partial charge in [-0.3, -0.25) is 24.5 Å². The quantitative estimate of drug-likeness (QED) is 0.0561. The Hall–Kier alpha value is -6.03. The Morgan fingerprint density at radius 3 is 2.31 bits per heavy atom. The normalized spacial score (nSPS) is 11.5. The van der Waals surface area contributed by atoms with Crippen LogP contribution >= 0.6 is 23.1 Å². The molecule has 1 heterocycles. The minimum atomic E-state index is -0.707. The number of carbonyl (C=O) groups is 3. The van der Waals surface area contributed by atoms with Crippen LogP contribution in [0.2, 0.25) is 0 Å². The van der Waals surface area contributed by atoms with Crippen molar-refractivity contribution < 1.29 is 19.3 Å². The molecule has 5 aromatic rings. The number of carbonyl (C=O) groups excluding carboxylic acids is 3. The van der Waals surface area contributed by atoms with Crippen molar-refractivity contribution in [1.82, 2.24) is 5.32 Å². The molecule has 3 amide bonds. The molecule has 1 unspecified atom stereocenters. The van der Waals surface area contributed by atoms with Crippen molar-refractivity contribution in [2.45, 2.75) is 17.1 Å². The summed E-state index contributed by atoms with van der Waals surface area (Å²) >= 11 is 2.53. The standard InChI is InChI=1S/C36H27N5O5S2/c1-23(33(42)40-36-29(21-37)30(22-47-36)24-11-4-2-5-12-24)48-28-17-10-16-27(20-28)38-35(44)31(39-34(43)25-13-6-3-7-14-25)19-26-15-8-9-18-32(26)41(45)46/h2-20,22-23H,1H3,(H,38,44)(H,39,43)(H,40,42)/b31-19+. The van der Waals surface area contributed by atoms with Crippen molar-refractivity contribution in [3.63, 3.8) is 0 Å². The first-order valence-corrected chi connectivity index (χ1v) is 16.3. The lowest BCUT2D eigenvalue weighted by Gasteiger charge is -2.14. The Bertz CT molecular complexity index is 2060. The highest BCUT2D eigenvalue weighted by atomic mass is 32.2. The lowest BCUT2D eigenvalue weighted by atomic mass is 10.1. The summed E-state index contributed by atoms with van der Waals surface area (Å²) in [6, 6.07) is 32.6. The third kappa shape index (κ3) is 8.21. The van der Waals surface area contributed by atoms with Crippen LogP contribution in [0.25, 0.3) is 17.2 Å². The highest BCUT2D eigenvalue weighted by Crippen LogP contribution is 2.36. The maximum atomic E-state index is 13.5. The van der Waals surface area contributed by atoms with Crippen LogP contribution in [0, 0.1) is 21.4 Å². The first kappa shape index (κ1) is 33.3. The van der Waals surface area contributed by atoms with E-state index in [0.717, 1.165) is 11.1 Å². The predicted molar refractivity (Wildman–Crippen MR) is 188 cm³/mol. The van der Waals surface area contributed by atoms with Crippen molar-refractivity contribution in [2.75, 3.05) is 10.6 Å². The lowest BCUT2D eigenvalue weighted by molar-refractivity contribution is -0.385. The van der Waals surface area contributed by atoms with E-state index in [0.29, 0.717) is 26.7 Å². The highest BCUT2D eigenvalue weighted by Gasteiger charge is 2.21. The van der Waals surface area contributed by atoms with E-state index < -0.39 is 22.0 Å². The van der Waals surface area contributed by atoms with Crippen LogP contribution in [-0.2, 0) is 9.59 Å². The summed E-state index contributed by atoms with van der Waals surface area (Å²) in [7, 11) is 0. The minimum Gasteiger partial charge on any atom is -0.321 e. The summed E-state index contributed by atoms with van der Waals surface area (Å²) in [6.45, 7) is 1.73. The number of nitriles is 1. The van der Waals surface area contributed by atoms with E-state index in [1.54, 1.807) is 67.6 Å². The summed E-state index contributed by atoms with van der Waals surface area (Å²) in [6.07, 6.45) is 1.25. The van der Waals surface area contributed by atoms with E-state index >= 15 is 0 Å². The molecule has 0 saturated heterocycles. The second-order valence-corrected chi connectivity index (χ2v) is 12.6. The topological polar surface area (TPSA) is 154 Å². The van der Waals surface area contributed by atoms with Gasteiger partial charge in [0, 0.05) is 33.2 Å². The summed E-state index contributed by atoms with van der Waals surface area (Å²) in [5.74, 6) is -1.58. The Labute approximate surface area is 284 Å². The number of nitrogens with zero attached hydrogens (tertiary/aromatic N) is 2. The van der Waals surface area contributed by atoms with Gasteiger partial charge in [-0.25, -0.2) is 0 Å². The number of benzene rings is 4. The van der Waals surface area contributed by atoms with Gasteiger partial charge in [-0.2, -0.15) is 5.26 Å². The molecule has 0 bridgehead atoms. The van der Waals surface area contributed by atoms with Crippen LogP contribution in [-0.4, -0.2) is 27.9 Å². The molecule has 238 valence electrons. The number of anilines is 2. The molecule has 10 nitrogen and oxygen atoms in total. The molecule has 0 spiro atoms. The van der Waals surface area contributed by atoms with Crippen LogP contribution in [0.15, 0.2) is 125 Å². The summed E-state index contributed by atoms with van der Waals surface area (Å²) in [4.78, 5) is 51.4. The Kier molecular flexibility index (Phi) is 10.8. The molecule has 4 aromatic carbocycles. The van der Waals surface area contributed by atoms with E-state index in [9.17, 15) is 29.8 Å². The molecule has 12 heteroatoms. The van der Waals surface area contributed by atoms with Gasteiger partial charge in [0.05, 0.1) is 21.3 Å². The molecule has 0 radical (unpaired) electrons. The second kappa shape index (κ2) is 15.5. The monoisotopic (exact) mass is 673 g/mol. The number of para-hydroxylation sites is 1. The fourth-order valence-corrected chi connectivity index (χ4v) is 6.43. The Morgan fingerprint density at radius 1 is 0.917 bits per heavy atom. The third-order valence-electron chi connectivity index (χ3n) is 6.96. The molecular weight excluding hydrogens is 647 g/mol. The lowest BCUT2D eigenvalue weighted by Crippen LogP contribution is -2.30. The number of thioether (sulfide) groups is 1. The van der Waals surface area contributed by atoms with Crippen LogP contribution in [0.4, 0.5) is 16.4 Å². The minimum absolute atomic E-state index is 0.131. The van der Waals surface area contributed by atoms with Gasteiger partial charge < -0.3 is 16.0 Å². The Morgan fingerprint density at radius 2 is 1.60 bits per heavy atom. The molecule has 5 rings (SSSR count). The molecule has 48 heavy (non-hydrogen) atoms. The van der Waals surface area contributed by atoms with Crippen molar-refractivity contribution >= 4 is 63.3 Å². The number of nitrogens with one attached hydrogen (secondary N) is 3. The molecule has 0 saturated carbocycles. The molecular formula is C36H27N5O5S2. The number of thiophene rings is 1. The number of nitro groups is 1. The zero-order valence-electron chi connectivity index (χ0n) is 25.4. The van der Waals surface area contributed by atoms with Gasteiger partial charge in [0.25, 0.3) is 17.5 Å². The number of rotatable bonds is 11. The van der Waals surface area contributed by atoms with E-state index in [-0.39, 0.29) is 22.9 Å². The molecule has 0 aliphatic carbocycles. The van der Waals surface area contributed by atoms with Gasteiger partial charge in [-0.05, 0) is 55.0 Å². The summed E-state index contributed by atoms with van der Waals surface area (Å²) in [5.41, 5.74) is 2.38. The van der Waals surface area contributed by atoms with Gasteiger partial charge in [0.1, 0.15) is 16.8 Å². The van der Waals surface area contributed by atoms with Gasteiger partial charge in [-0.15, -0.1) is 23.1 Å². The molecule has 0 aliphatic heterocycles. The largest absolute Gasteiger partial charge is 0.321 e. The maximum Gasteiger partial charge on any atom is 0.276 e. The Balaban J connectivity index is 1.31. The van der Waals surface area contributed by atoms with Crippen molar-refractivity contribution in [3.05, 3.63) is 147 Å². The fraction of sp³-hybridized carbons (Fsp3) is 0.0556. The van der Waals surface area contributed by atoms with Crippen LogP contribution in [0.5, 0.6) is 0 Å². The number of nitro benzene ring substituents is 1. The van der Waals surface area contributed by atoms with Gasteiger partial charge >= 0.3 is 0 Å². The van der Waals surface area contributed by atoms with E-state index in [1.165, 1.54) is 47.4 Å². The SMILES string of the molecule is CC(Sc1cccc(NC(=O)/C(=C\c2ccccc2[N+](=O)[O-])NC(=O)c2ccccc2)c1)C(=O)Nc1scc(-c2ccccc2)c1C#N. The zero-order chi connectivity index (χ0) is 34.0. The first-order chi connectivity index (χ1) is 23.2. The molecule has 0 aliphatic rings. The summed E-state index contributed by atoms with van der Waals surface area (Å²) < 4.78 is 0. The van der Waals surface area contributed by atoms with Gasteiger partial charge in [0.15, 0.2) is 0 Å². The van der Waals surface area contributed by atoms with Crippen LogP contribution in [0.3, 0.4) is 0 Å². The van der Waals surface area contributed by atoms with Crippen LogP contribution in [0.1, 0.15) is 28.4 Å². The van der Waals surface area contributed by atoms with E-state index in [1.807, 2.05) is 35.7 Å². The van der Waals surface area contributed by atoms with Crippen molar-refractivity contribution in [3.8, 4) is 17.2 Å². The van der Waals surface area contributed by atoms with Gasteiger partial charge in [-0.1, -0.05) is 66.7 Å². The van der Waals surface area contributed by atoms with E-state index in [2.05, 4.69) is 22.0 Å². The fourth-order valence-electron chi connectivity index (χ4n) is 4.58. The number of hydrogen-bond donors (Lipinski definition) is 3. The number of hydrogen-bond acceptors (Lipinski definition) is 8. The second-order valence-electron chi connectivity index (χ2n) is 10.3. The zero-order valence-corrected chi connectivity index (χ0v) is 27.0. The van der Waals surface area contributed by atoms with E-state index in [4.69, 9.17) is 0 Å². The predicted octanol–water partition coefficient (Wildman–Crippen LogP) is 7.72. The number of amides is 3. The average Bonchev–Trinajstić information content (AvgIpc) is 3.51.